The Balaban J connectivity index is 2.31. The zero-order chi connectivity index (χ0) is 14.4. The summed E-state index contributed by atoms with van der Waals surface area (Å²) in [6.45, 7) is 1.66. The second-order valence-corrected chi connectivity index (χ2v) is 4.57. The van der Waals surface area contributed by atoms with Crippen molar-refractivity contribution in [1.29, 1.82) is 0 Å². The first-order chi connectivity index (χ1) is 9.47. The van der Waals surface area contributed by atoms with Gasteiger partial charge in [0.05, 0.1) is 0 Å². The van der Waals surface area contributed by atoms with E-state index in [0.29, 0.717) is 17.0 Å². The van der Waals surface area contributed by atoms with Crippen molar-refractivity contribution in [1.82, 2.24) is 19.5 Å². The van der Waals surface area contributed by atoms with Crippen LogP contribution in [0.3, 0.4) is 0 Å². The van der Waals surface area contributed by atoms with Crippen molar-refractivity contribution in [2.24, 2.45) is 7.05 Å². The highest BCUT2D eigenvalue weighted by Gasteiger charge is 2.12. The van der Waals surface area contributed by atoms with Gasteiger partial charge < -0.3 is 4.98 Å². The molecule has 3 rings (SSSR count). The number of aromatic amines is 2. The Kier molecular flexibility index (Phi) is 2.56. The molecule has 6 nitrogen and oxygen atoms in total. The van der Waals surface area contributed by atoms with E-state index < -0.39 is 11.2 Å². The highest BCUT2D eigenvalue weighted by molar-refractivity contribution is 5.75. The third-order valence-electron chi connectivity index (χ3n) is 3.20. The number of nitrogens with one attached hydrogen (secondary N) is 2. The van der Waals surface area contributed by atoms with E-state index in [1.807, 2.05) is 0 Å². The molecule has 3 aromatic rings. The Hall–Kier alpha value is -2.70. The molecule has 7 heteroatoms. The SMILES string of the molecule is Cc1ccc(-c2nc3c([nH]2)c(=O)[nH]c(=O)n3C)cc1F. The van der Waals surface area contributed by atoms with E-state index in [9.17, 15) is 14.0 Å². The van der Waals surface area contributed by atoms with Crippen LogP contribution in [-0.4, -0.2) is 19.5 Å². The fraction of sp³-hybridized carbons (Fsp3) is 0.154. The van der Waals surface area contributed by atoms with E-state index >= 15 is 0 Å². The molecule has 2 aromatic heterocycles. The lowest BCUT2D eigenvalue weighted by molar-refractivity contribution is 0.619. The normalized spacial score (nSPS) is 11.2. The number of aromatic nitrogens is 4. The van der Waals surface area contributed by atoms with Crippen LogP contribution < -0.4 is 11.2 Å². The molecule has 0 fully saturated rings. The molecule has 0 unspecified atom stereocenters. The molecule has 0 spiro atoms. The summed E-state index contributed by atoms with van der Waals surface area (Å²) in [4.78, 5) is 32.4. The van der Waals surface area contributed by atoms with Gasteiger partial charge in [0.25, 0.3) is 5.56 Å². The van der Waals surface area contributed by atoms with Crippen molar-refractivity contribution in [3.8, 4) is 11.4 Å². The molecular weight excluding hydrogens is 263 g/mol. The summed E-state index contributed by atoms with van der Waals surface area (Å²) in [5.74, 6) is -0.0173. The van der Waals surface area contributed by atoms with Crippen molar-refractivity contribution in [3.63, 3.8) is 0 Å². The van der Waals surface area contributed by atoms with Crippen LogP contribution in [0.2, 0.25) is 0 Å². The minimum absolute atomic E-state index is 0.183. The Bertz CT molecular complexity index is 936. The van der Waals surface area contributed by atoms with Gasteiger partial charge in [-0.1, -0.05) is 12.1 Å². The molecule has 2 N–H and O–H groups in total. The molecule has 102 valence electrons. The van der Waals surface area contributed by atoms with Crippen molar-refractivity contribution < 1.29 is 4.39 Å². The second-order valence-electron chi connectivity index (χ2n) is 4.57. The molecule has 0 aliphatic carbocycles. The maximum absolute atomic E-state index is 13.6. The van der Waals surface area contributed by atoms with Crippen LogP contribution in [0.25, 0.3) is 22.6 Å². The van der Waals surface area contributed by atoms with Gasteiger partial charge >= 0.3 is 5.69 Å². The summed E-state index contributed by atoms with van der Waals surface area (Å²) in [6.07, 6.45) is 0. The van der Waals surface area contributed by atoms with Gasteiger partial charge in [0, 0.05) is 12.6 Å². The van der Waals surface area contributed by atoms with E-state index in [1.54, 1.807) is 19.1 Å². The summed E-state index contributed by atoms with van der Waals surface area (Å²) in [6, 6.07) is 4.66. The van der Waals surface area contributed by atoms with Gasteiger partial charge in [-0.15, -0.1) is 0 Å². The van der Waals surface area contributed by atoms with E-state index in [0.717, 1.165) is 0 Å². The van der Waals surface area contributed by atoms with Gasteiger partial charge in [0.15, 0.2) is 5.65 Å². The van der Waals surface area contributed by atoms with Crippen molar-refractivity contribution in [3.05, 3.63) is 50.4 Å². The summed E-state index contributed by atoms with van der Waals surface area (Å²) in [7, 11) is 1.50. The topological polar surface area (TPSA) is 83.5 Å². The van der Waals surface area contributed by atoms with Crippen molar-refractivity contribution >= 4 is 11.2 Å². The van der Waals surface area contributed by atoms with Crippen LogP contribution in [0.1, 0.15) is 5.56 Å². The lowest BCUT2D eigenvalue weighted by Crippen LogP contribution is -2.28. The Labute approximate surface area is 111 Å². The van der Waals surface area contributed by atoms with Gasteiger partial charge in [-0.25, -0.2) is 14.2 Å². The summed E-state index contributed by atoms with van der Waals surface area (Å²) < 4.78 is 14.8. The lowest BCUT2D eigenvalue weighted by atomic mass is 10.1. The number of fused-ring (bicyclic) bond motifs is 1. The molecular formula is C13H11FN4O2. The number of imidazole rings is 1. The minimum Gasteiger partial charge on any atom is -0.332 e. The number of hydrogen-bond donors (Lipinski definition) is 2. The third-order valence-corrected chi connectivity index (χ3v) is 3.20. The zero-order valence-corrected chi connectivity index (χ0v) is 10.8. The molecule has 0 radical (unpaired) electrons. The summed E-state index contributed by atoms with van der Waals surface area (Å²) in [5.41, 5.74) is 0.356. The molecule has 0 amide bonds. The Morgan fingerprint density at radius 3 is 2.70 bits per heavy atom. The van der Waals surface area contributed by atoms with Crippen LogP contribution in [0, 0.1) is 12.7 Å². The summed E-state index contributed by atoms with van der Waals surface area (Å²) in [5, 5.41) is 0. The standard InChI is InChI=1S/C13H11FN4O2/c1-6-3-4-7(5-8(6)14)10-15-9-11(16-10)18(2)13(20)17-12(9)19/h3-5H,1-2H3,(H,15,16)(H,17,19,20). The van der Waals surface area contributed by atoms with Gasteiger partial charge in [-0.3, -0.25) is 14.3 Å². The first kappa shape index (κ1) is 12.3. The molecule has 0 aliphatic heterocycles. The fourth-order valence-corrected chi connectivity index (χ4v) is 1.98. The molecule has 2 heterocycles. The van der Waals surface area contributed by atoms with Crippen molar-refractivity contribution in [2.75, 3.05) is 0 Å². The van der Waals surface area contributed by atoms with Crippen LogP contribution >= 0.6 is 0 Å². The number of halogens is 1. The molecule has 0 saturated heterocycles. The van der Waals surface area contributed by atoms with Gasteiger partial charge in [0.1, 0.15) is 17.2 Å². The van der Waals surface area contributed by atoms with Crippen LogP contribution in [-0.2, 0) is 7.05 Å². The molecule has 0 saturated carbocycles. The number of benzene rings is 1. The van der Waals surface area contributed by atoms with Gasteiger partial charge in [0.2, 0.25) is 0 Å². The second kappa shape index (κ2) is 4.16. The van der Waals surface area contributed by atoms with E-state index in [-0.39, 0.29) is 17.0 Å². The first-order valence-corrected chi connectivity index (χ1v) is 5.93. The predicted molar refractivity (Wildman–Crippen MR) is 72.1 cm³/mol. The monoisotopic (exact) mass is 274 g/mol. The predicted octanol–water partition coefficient (Wildman–Crippen LogP) is 1.06. The third kappa shape index (κ3) is 1.75. The summed E-state index contributed by atoms with van der Waals surface area (Å²) >= 11 is 0. The highest BCUT2D eigenvalue weighted by Crippen LogP contribution is 2.20. The van der Waals surface area contributed by atoms with Crippen LogP contribution in [0.4, 0.5) is 4.39 Å². The van der Waals surface area contributed by atoms with E-state index in [2.05, 4.69) is 15.0 Å². The highest BCUT2D eigenvalue weighted by atomic mass is 19.1. The zero-order valence-electron chi connectivity index (χ0n) is 10.8. The average molecular weight is 274 g/mol. The van der Waals surface area contributed by atoms with E-state index in [4.69, 9.17) is 0 Å². The maximum Gasteiger partial charge on any atom is 0.329 e. The molecule has 1 aromatic carbocycles. The molecule has 20 heavy (non-hydrogen) atoms. The minimum atomic E-state index is -0.547. The number of rotatable bonds is 1. The Morgan fingerprint density at radius 2 is 2.00 bits per heavy atom. The first-order valence-electron chi connectivity index (χ1n) is 5.93. The average Bonchev–Trinajstić information content (AvgIpc) is 2.85. The number of hydrogen-bond acceptors (Lipinski definition) is 3. The van der Waals surface area contributed by atoms with Crippen LogP contribution in [0.5, 0.6) is 0 Å². The lowest BCUT2D eigenvalue weighted by Gasteiger charge is -1.99. The van der Waals surface area contributed by atoms with Gasteiger partial charge in [-0.05, 0) is 18.6 Å². The van der Waals surface area contributed by atoms with Crippen LogP contribution in [0.15, 0.2) is 27.8 Å². The number of aryl methyl sites for hydroxylation is 2. The number of nitrogens with zero attached hydrogens (tertiary/aromatic N) is 2. The van der Waals surface area contributed by atoms with Gasteiger partial charge in [-0.2, -0.15) is 0 Å². The van der Waals surface area contributed by atoms with E-state index in [1.165, 1.54) is 17.7 Å². The van der Waals surface area contributed by atoms with Crippen molar-refractivity contribution in [2.45, 2.75) is 6.92 Å². The number of H-pyrrole nitrogens is 2. The Morgan fingerprint density at radius 1 is 1.25 bits per heavy atom. The maximum atomic E-state index is 13.6. The molecule has 0 bridgehead atoms. The molecule has 0 aliphatic rings. The quantitative estimate of drug-likeness (QED) is 0.696. The molecule has 0 atom stereocenters. The fourth-order valence-electron chi connectivity index (χ4n) is 1.98. The smallest absolute Gasteiger partial charge is 0.329 e. The largest absolute Gasteiger partial charge is 0.332 e.